The molecular weight excluding hydrogens is 158 g/mol. The maximum absolute atomic E-state index is 10.0. The molecule has 1 aromatic heterocycles. The quantitative estimate of drug-likeness (QED) is 0.357. The fourth-order valence-electron chi connectivity index (χ4n) is 0.401. The van der Waals surface area contributed by atoms with E-state index >= 15 is 0 Å². The summed E-state index contributed by atoms with van der Waals surface area (Å²) in [5, 5.41) is 2.51. The molecule has 0 aliphatic heterocycles. The van der Waals surface area contributed by atoms with Crippen molar-refractivity contribution in [1.82, 2.24) is 14.2 Å². The van der Waals surface area contributed by atoms with Crippen molar-refractivity contribution in [3.05, 3.63) is 10.6 Å². The molecule has 0 amide bonds. The molecule has 0 aromatic carbocycles. The molecule has 9 heavy (non-hydrogen) atoms. The molecule has 0 atom stereocenters. The van der Waals surface area contributed by atoms with Gasteiger partial charge in [0.25, 0.3) is 0 Å². The number of aromatic amines is 1. The maximum atomic E-state index is 10.0. The van der Waals surface area contributed by atoms with Crippen molar-refractivity contribution in [2.45, 2.75) is 0 Å². The number of aldehydes is 1. The molecule has 1 rings (SSSR count). The highest BCUT2D eigenvalue weighted by Gasteiger charge is 1.96. The highest BCUT2D eigenvalue weighted by Crippen LogP contribution is 1.91. The second kappa shape index (κ2) is 2.32. The molecule has 0 saturated carbocycles. The number of hydrogen-bond acceptors (Lipinski definition) is 4. The summed E-state index contributed by atoms with van der Waals surface area (Å²) in [5.74, 6) is 0.184. The fraction of sp³-hybridized carbons (Fsp3) is 0. The minimum atomic E-state index is 0.184. The summed E-state index contributed by atoms with van der Waals surface area (Å²) in [6, 6.07) is 0. The van der Waals surface area contributed by atoms with Crippen LogP contribution in [0.15, 0.2) is 0 Å². The summed E-state index contributed by atoms with van der Waals surface area (Å²) in [6.45, 7) is 0. The van der Waals surface area contributed by atoms with Crippen molar-refractivity contribution >= 4 is 31.3 Å². The molecule has 0 aliphatic carbocycles. The van der Waals surface area contributed by atoms with E-state index in [9.17, 15) is 4.79 Å². The van der Waals surface area contributed by atoms with Gasteiger partial charge in [-0.2, -0.15) is 4.98 Å². The monoisotopic (exact) mass is 161 g/mol. The first-order chi connectivity index (χ1) is 4.24. The lowest BCUT2D eigenvalue weighted by molar-refractivity contribution is 0.111. The van der Waals surface area contributed by atoms with Crippen molar-refractivity contribution in [2.24, 2.45) is 0 Å². The summed E-state index contributed by atoms with van der Waals surface area (Å²) >= 11 is 8.39. The van der Waals surface area contributed by atoms with Gasteiger partial charge < -0.3 is 0 Å². The zero-order chi connectivity index (χ0) is 6.85. The zero-order valence-corrected chi connectivity index (χ0v) is 5.95. The molecule has 48 valence electrons. The van der Waals surface area contributed by atoms with Gasteiger partial charge in [0, 0.05) is 0 Å². The Kier molecular flexibility index (Phi) is 1.68. The molecule has 0 fully saturated rings. The topological polar surface area (TPSA) is 50.7 Å². The van der Waals surface area contributed by atoms with E-state index in [2.05, 4.69) is 35.1 Å². The summed E-state index contributed by atoms with van der Waals surface area (Å²) in [5.41, 5.74) is 0. The smallest absolute Gasteiger partial charge is 0.214 e. The highest BCUT2D eigenvalue weighted by atomic mass is 32.1. The van der Waals surface area contributed by atoms with Crippen LogP contribution in [0.5, 0.6) is 0 Å². The average molecular weight is 161 g/mol. The van der Waals surface area contributed by atoms with E-state index in [4.69, 9.17) is 0 Å². The van der Waals surface area contributed by atoms with E-state index in [1.807, 2.05) is 0 Å². The Hall–Kier alpha value is -0.620. The number of nitrogens with one attached hydrogen (secondary N) is 1. The highest BCUT2D eigenvalue weighted by molar-refractivity contribution is 7.78. The maximum Gasteiger partial charge on any atom is 0.214 e. The Bertz CT molecular complexity index is 275. The Labute approximate surface area is 61.4 Å². The molecule has 4 nitrogen and oxygen atoms in total. The van der Waals surface area contributed by atoms with Crippen molar-refractivity contribution in [2.75, 3.05) is 0 Å². The molecule has 0 unspecified atom stereocenters. The molecule has 0 radical (unpaired) electrons. The first kappa shape index (κ1) is 6.50. The van der Waals surface area contributed by atoms with Crippen LogP contribution in [-0.4, -0.2) is 20.5 Å². The van der Waals surface area contributed by atoms with Gasteiger partial charge >= 0.3 is 0 Å². The van der Waals surface area contributed by atoms with E-state index in [0.717, 1.165) is 4.09 Å². The third kappa shape index (κ3) is 1.19. The van der Waals surface area contributed by atoms with E-state index < -0.39 is 0 Å². The SMILES string of the molecule is O=Cc1nc(=S)[nH]n1S. The van der Waals surface area contributed by atoms with Gasteiger partial charge in [-0.3, -0.25) is 9.89 Å². The van der Waals surface area contributed by atoms with Crippen molar-refractivity contribution in [3.8, 4) is 0 Å². The van der Waals surface area contributed by atoms with Crippen LogP contribution >= 0.6 is 25.0 Å². The molecule has 0 spiro atoms. The Morgan fingerprint density at radius 3 is 2.78 bits per heavy atom. The van der Waals surface area contributed by atoms with Crippen molar-refractivity contribution < 1.29 is 4.79 Å². The van der Waals surface area contributed by atoms with E-state index in [1.165, 1.54) is 0 Å². The lowest BCUT2D eigenvalue weighted by atomic mass is 10.7. The van der Waals surface area contributed by atoms with Crippen LogP contribution < -0.4 is 0 Å². The fourth-order valence-corrected chi connectivity index (χ4v) is 0.840. The van der Waals surface area contributed by atoms with Crippen LogP contribution in [0.25, 0.3) is 0 Å². The minimum absolute atomic E-state index is 0.184. The predicted octanol–water partition coefficient (Wildman–Crippen LogP) is 0.446. The number of carbonyl (C=O) groups is 1. The van der Waals surface area contributed by atoms with Gasteiger partial charge in [-0.1, -0.05) is 0 Å². The molecular formula is C3H3N3OS2. The largest absolute Gasteiger partial charge is 0.294 e. The van der Waals surface area contributed by atoms with E-state index in [0.29, 0.717) is 6.29 Å². The van der Waals surface area contributed by atoms with Gasteiger partial charge in [0.05, 0.1) is 0 Å². The first-order valence-corrected chi connectivity index (χ1v) is 2.88. The second-order valence-corrected chi connectivity index (χ2v) is 2.10. The summed E-state index contributed by atoms with van der Waals surface area (Å²) in [4.78, 5) is 13.6. The zero-order valence-electron chi connectivity index (χ0n) is 4.24. The number of H-pyrrole nitrogens is 1. The van der Waals surface area contributed by atoms with Gasteiger partial charge in [0.15, 0.2) is 6.29 Å². The molecule has 6 heteroatoms. The summed E-state index contributed by atoms with van der Waals surface area (Å²) in [6.07, 6.45) is 0.569. The van der Waals surface area contributed by atoms with Crippen molar-refractivity contribution in [3.63, 3.8) is 0 Å². The van der Waals surface area contributed by atoms with Gasteiger partial charge in [-0.25, -0.2) is 4.09 Å². The van der Waals surface area contributed by atoms with Gasteiger partial charge in [0.1, 0.15) is 0 Å². The second-order valence-electron chi connectivity index (χ2n) is 1.32. The van der Waals surface area contributed by atoms with Gasteiger partial charge in [-0.05, 0) is 25.0 Å². The first-order valence-electron chi connectivity index (χ1n) is 2.07. The molecule has 0 aliphatic rings. The number of carbonyl (C=O) groups excluding carboxylic acids is 1. The normalized spacial score (nSPS) is 9.44. The lowest BCUT2D eigenvalue weighted by Crippen LogP contribution is -1.90. The minimum Gasteiger partial charge on any atom is -0.294 e. The third-order valence-electron chi connectivity index (χ3n) is 0.740. The van der Waals surface area contributed by atoms with Gasteiger partial charge in [-0.15, -0.1) is 0 Å². The van der Waals surface area contributed by atoms with Gasteiger partial charge in [0.2, 0.25) is 10.6 Å². The third-order valence-corrected chi connectivity index (χ3v) is 1.23. The van der Waals surface area contributed by atoms with E-state index in [1.54, 1.807) is 0 Å². The van der Waals surface area contributed by atoms with Crippen molar-refractivity contribution in [1.29, 1.82) is 0 Å². The molecule has 1 heterocycles. The van der Waals surface area contributed by atoms with Crippen LogP contribution in [0.3, 0.4) is 0 Å². The van der Waals surface area contributed by atoms with Crippen LogP contribution in [0.4, 0.5) is 0 Å². The molecule has 1 N–H and O–H groups in total. The Morgan fingerprint density at radius 1 is 1.89 bits per heavy atom. The Balaban J connectivity index is 3.31. The number of aromatic nitrogens is 3. The van der Waals surface area contributed by atoms with Crippen LogP contribution in [0.2, 0.25) is 0 Å². The average Bonchev–Trinajstić information content (AvgIpc) is 2.10. The Morgan fingerprint density at radius 2 is 2.56 bits per heavy atom. The summed E-state index contributed by atoms with van der Waals surface area (Å²) in [7, 11) is 0. The molecule has 0 bridgehead atoms. The standard InChI is InChI=1S/C3H3N3OS2/c7-1-2-4-3(8)5-6(2)9/h1,9H,(H,5,8). The summed E-state index contributed by atoms with van der Waals surface area (Å²) < 4.78 is 1.42. The number of thiol groups is 1. The van der Waals surface area contributed by atoms with Crippen LogP contribution in [0.1, 0.15) is 10.6 Å². The molecule has 1 aromatic rings. The molecule has 0 saturated heterocycles. The number of rotatable bonds is 1. The van der Waals surface area contributed by atoms with Crippen LogP contribution in [-0.2, 0) is 0 Å². The predicted molar refractivity (Wildman–Crippen MR) is 37.2 cm³/mol. The number of nitrogens with zero attached hydrogens (tertiary/aromatic N) is 2. The van der Waals surface area contributed by atoms with Crippen LogP contribution in [0, 0.1) is 4.77 Å². The van der Waals surface area contributed by atoms with E-state index in [-0.39, 0.29) is 10.6 Å². The lowest BCUT2D eigenvalue weighted by Gasteiger charge is -1.84. The number of hydrogen-bond donors (Lipinski definition) is 2.